The molecule has 2 rings (SSSR count). The van der Waals surface area contributed by atoms with Crippen LogP contribution in [-0.4, -0.2) is 0 Å². The van der Waals surface area contributed by atoms with Crippen molar-refractivity contribution < 1.29 is 0 Å². The lowest BCUT2D eigenvalue weighted by atomic mass is 10.2. The zero-order chi connectivity index (χ0) is 11.5. The molecule has 0 unspecified atom stereocenters. The zero-order valence-electron chi connectivity index (χ0n) is 8.37. The maximum absolute atomic E-state index is 5.92. The van der Waals surface area contributed by atoms with Gasteiger partial charge in [0.2, 0.25) is 0 Å². The Hall–Kier alpha value is -1.38. The molecule has 0 fully saturated rings. The average molecular weight is 253 g/mol. The molecule has 0 heterocycles. The molecule has 0 aliphatic heterocycles. The predicted octanol–water partition coefficient (Wildman–Crippen LogP) is 4.32. The molecule has 0 atom stereocenters. The van der Waals surface area contributed by atoms with Crippen LogP contribution in [0.15, 0.2) is 42.5 Å². The fraction of sp³-hybridized carbons (Fsp3) is 0. The van der Waals surface area contributed by atoms with Crippen LogP contribution in [0.1, 0.15) is 0 Å². The van der Waals surface area contributed by atoms with E-state index >= 15 is 0 Å². The van der Waals surface area contributed by atoms with E-state index in [0.29, 0.717) is 15.7 Å². The molecule has 0 aliphatic carbocycles. The second kappa shape index (κ2) is 4.64. The number of nitrogens with two attached hydrogens (primary N) is 1. The molecule has 2 aromatic carbocycles. The number of para-hydroxylation sites is 2. The Kier molecular flexibility index (Phi) is 3.22. The highest BCUT2D eigenvalue weighted by Gasteiger charge is 2.01. The number of nitrogen functional groups attached to an aromatic ring is 1. The number of benzene rings is 2. The van der Waals surface area contributed by atoms with Gasteiger partial charge in [-0.05, 0) is 30.3 Å². The van der Waals surface area contributed by atoms with Crippen LogP contribution in [0.5, 0.6) is 0 Å². The third kappa shape index (κ3) is 2.40. The first-order chi connectivity index (χ1) is 7.66. The van der Waals surface area contributed by atoms with E-state index in [9.17, 15) is 0 Å². The van der Waals surface area contributed by atoms with E-state index in [-0.39, 0.29) is 0 Å². The molecule has 0 amide bonds. The van der Waals surface area contributed by atoms with Crippen molar-refractivity contribution in [2.24, 2.45) is 0 Å². The minimum atomic E-state index is 0.515. The van der Waals surface area contributed by atoms with Gasteiger partial charge in [-0.3, -0.25) is 0 Å². The smallest absolute Gasteiger partial charge is 0.0617 e. The molecule has 16 heavy (non-hydrogen) atoms. The highest BCUT2D eigenvalue weighted by Crippen LogP contribution is 2.28. The number of hydrogen-bond donors (Lipinski definition) is 2. The lowest BCUT2D eigenvalue weighted by molar-refractivity contribution is 1.55. The molecule has 0 aliphatic rings. The standard InChI is InChI=1S/C12H10Cl2N2/c13-9-6-5-8(7-10(9)14)16-12-4-2-1-3-11(12)15/h1-7,16H,15H2. The van der Waals surface area contributed by atoms with Gasteiger partial charge in [0.1, 0.15) is 0 Å². The van der Waals surface area contributed by atoms with Gasteiger partial charge in [-0.1, -0.05) is 35.3 Å². The van der Waals surface area contributed by atoms with Gasteiger partial charge in [0.15, 0.2) is 0 Å². The Bertz CT molecular complexity index is 512. The quantitative estimate of drug-likeness (QED) is 0.782. The molecule has 0 bridgehead atoms. The van der Waals surface area contributed by atoms with E-state index in [2.05, 4.69) is 5.32 Å². The van der Waals surface area contributed by atoms with Gasteiger partial charge < -0.3 is 11.1 Å². The van der Waals surface area contributed by atoms with Crippen molar-refractivity contribution >= 4 is 40.3 Å². The fourth-order valence-electron chi connectivity index (χ4n) is 1.34. The van der Waals surface area contributed by atoms with Crippen LogP contribution in [0.4, 0.5) is 17.1 Å². The van der Waals surface area contributed by atoms with Crippen molar-refractivity contribution in [1.29, 1.82) is 0 Å². The Morgan fingerprint density at radius 2 is 1.69 bits per heavy atom. The van der Waals surface area contributed by atoms with Gasteiger partial charge in [0.25, 0.3) is 0 Å². The molecule has 2 nitrogen and oxygen atoms in total. The summed E-state index contributed by atoms with van der Waals surface area (Å²) in [6, 6.07) is 12.9. The Balaban J connectivity index is 2.28. The first kappa shape index (κ1) is 11.1. The maximum Gasteiger partial charge on any atom is 0.0617 e. The van der Waals surface area contributed by atoms with E-state index in [1.54, 1.807) is 12.1 Å². The summed E-state index contributed by atoms with van der Waals surface area (Å²) in [5.41, 5.74) is 8.21. The normalized spacial score (nSPS) is 10.1. The van der Waals surface area contributed by atoms with Crippen molar-refractivity contribution in [3.05, 3.63) is 52.5 Å². The van der Waals surface area contributed by atoms with Crippen molar-refractivity contribution in [1.82, 2.24) is 0 Å². The molecule has 2 aromatic rings. The number of anilines is 3. The summed E-state index contributed by atoms with van der Waals surface area (Å²) in [5, 5.41) is 4.22. The van der Waals surface area contributed by atoms with Crippen molar-refractivity contribution in [3.63, 3.8) is 0 Å². The van der Waals surface area contributed by atoms with Gasteiger partial charge in [0, 0.05) is 5.69 Å². The molecular formula is C12H10Cl2N2. The molecule has 3 N–H and O–H groups in total. The van der Waals surface area contributed by atoms with Crippen LogP contribution in [-0.2, 0) is 0 Å². The third-order valence-corrected chi connectivity index (χ3v) is 2.90. The van der Waals surface area contributed by atoms with E-state index < -0.39 is 0 Å². The molecule has 0 aromatic heterocycles. The van der Waals surface area contributed by atoms with Crippen LogP contribution in [0.2, 0.25) is 10.0 Å². The van der Waals surface area contributed by atoms with Crippen LogP contribution in [0, 0.1) is 0 Å². The van der Waals surface area contributed by atoms with Gasteiger partial charge in [0.05, 0.1) is 21.4 Å². The second-order valence-electron chi connectivity index (χ2n) is 3.34. The number of nitrogens with one attached hydrogen (secondary N) is 1. The Labute approximate surface area is 104 Å². The van der Waals surface area contributed by atoms with Crippen LogP contribution < -0.4 is 11.1 Å². The molecule has 0 saturated carbocycles. The van der Waals surface area contributed by atoms with E-state index in [1.165, 1.54) is 0 Å². The molecule has 82 valence electrons. The maximum atomic E-state index is 5.92. The number of rotatable bonds is 2. The zero-order valence-corrected chi connectivity index (χ0v) is 9.89. The van der Waals surface area contributed by atoms with Gasteiger partial charge in [-0.15, -0.1) is 0 Å². The van der Waals surface area contributed by atoms with Crippen LogP contribution >= 0.6 is 23.2 Å². The van der Waals surface area contributed by atoms with Crippen LogP contribution in [0.25, 0.3) is 0 Å². The molecule has 4 heteroatoms. The highest BCUT2D eigenvalue weighted by atomic mass is 35.5. The minimum Gasteiger partial charge on any atom is -0.397 e. The van der Waals surface area contributed by atoms with E-state index in [0.717, 1.165) is 11.4 Å². The predicted molar refractivity (Wildman–Crippen MR) is 70.6 cm³/mol. The van der Waals surface area contributed by atoms with E-state index in [1.807, 2.05) is 30.3 Å². The summed E-state index contributed by atoms with van der Waals surface area (Å²) in [7, 11) is 0. The van der Waals surface area contributed by atoms with Gasteiger partial charge in [-0.25, -0.2) is 0 Å². The first-order valence-corrected chi connectivity index (χ1v) is 5.49. The first-order valence-electron chi connectivity index (χ1n) is 4.73. The third-order valence-electron chi connectivity index (χ3n) is 2.16. The largest absolute Gasteiger partial charge is 0.397 e. The van der Waals surface area contributed by atoms with Crippen LogP contribution in [0.3, 0.4) is 0 Å². The molecule has 0 spiro atoms. The Morgan fingerprint density at radius 3 is 2.38 bits per heavy atom. The summed E-state index contributed by atoms with van der Waals surface area (Å²) in [5.74, 6) is 0. The highest BCUT2D eigenvalue weighted by molar-refractivity contribution is 6.42. The lowest BCUT2D eigenvalue weighted by Crippen LogP contribution is -1.95. The average Bonchev–Trinajstić information content (AvgIpc) is 2.27. The monoisotopic (exact) mass is 252 g/mol. The topological polar surface area (TPSA) is 38.0 Å². The second-order valence-corrected chi connectivity index (χ2v) is 4.16. The van der Waals surface area contributed by atoms with Crippen molar-refractivity contribution in [2.75, 3.05) is 11.1 Å². The lowest BCUT2D eigenvalue weighted by Gasteiger charge is -2.09. The van der Waals surface area contributed by atoms with E-state index in [4.69, 9.17) is 28.9 Å². The summed E-state index contributed by atoms with van der Waals surface area (Å²) in [4.78, 5) is 0. The number of hydrogen-bond acceptors (Lipinski definition) is 2. The molecule has 0 radical (unpaired) electrons. The molecular weight excluding hydrogens is 243 g/mol. The van der Waals surface area contributed by atoms with Gasteiger partial charge in [-0.2, -0.15) is 0 Å². The minimum absolute atomic E-state index is 0.515. The number of halogens is 2. The fourth-order valence-corrected chi connectivity index (χ4v) is 1.64. The molecule has 0 saturated heterocycles. The van der Waals surface area contributed by atoms with Crippen molar-refractivity contribution in [2.45, 2.75) is 0 Å². The Morgan fingerprint density at radius 1 is 0.938 bits per heavy atom. The summed E-state index contributed by atoms with van der Waals surface area (Å²) in [6.45, 7) is 0. The summed E-state index contributed by atoms with van der Waals surface area (Å²) in [6.07, 6.45) is 0. The summed E-state index contributed by atoms with van der Waals surface area (Å²) < 4.78 is 0. The van der Waals surface area contributed by atoms with Crippen molar-refractivity contribution in [3.8, 4) is 0 Å². The summed E-state index contributed by atoms with van der Waals surface area (Å²) >= 11 is 11.7. The SMILES string of the molecule is Nc1ccccc1Nc1ccc(Cl)c(Cl)c1. The van der Waals surface area contributed by atoms with Gasteiger partial charge >= 0.3 is 0 Å².